The summed E-state index contributed by atoms with van der Waals surface area (Å²) in [6.07, 6.45) is 3.75. The predicted octanol–water partition coefficient (Wildman–Crippen LogP) is 4.39. The molecule has 1 fully saturated rings. The summed E-state index contributed by atoms with van der Waals surface area (Å²) < 4.78 is 27.8. The van der Waals surface area contributed by atoms with E-state index in [0.717, 1.165) is 48.1 Å². The molecule has 4 rings (SSSR count). The van der Waals surface area contributed by atoms with E-state index in [2.05, 4.69) is 15.4 Å². The van der Waals surface area contributed by atoms with Gasteiger partial charge in [0, 0.05) is 42.8 Å². The highest BCUT2D eigenvalue weighted by molar-refractivity contribution is 7.87. The van der Waals surface area contributed by atoms with Crippen LogP contribution in [0.25, 0.3) is 10.9 Å². The van der Waals surface area contributed by atoms with Crippen LogP contribution in [0.2, 0.25) is 5.02 Å². The number of nitrogens with zero attached hydrogens (tertiary/aromatic N) is 3. The van der Waals surface area contributed by atoms with Crippen molar-refractivity contribution in [3.8, 4) is 0 Å². The first-order valence-corrected chi connectivity index (χ1v) is 12.8. The van der Waals surface area contributed by atoms with E-state index >= 15 is 0 Å². The van der Waals surface area contributed by atoms with Crippen LogP contribution in [0.5, 0.6) is 0 Å². The van der Waals surface area contributed by atoms with Crippen LogP contribution in [0, 0.1) is 5.92 Å². The predicted molar refractivity (Wildman–Crippen MR) is 134 cm³/mol. The number of benzene rings is 2. The van der Waals surface area contributed by atoms with Gasteiger partial charge in [-0.15, -0.1) is 0 Å². The molecule has 176 valence electrons. The van der Waals surface area contributed by atoms with Gasteiger partial charge < -0.3 is 10.6 Å². The van der Waals surface area contributed by atoms with Crippen LogP contribution >= 0.6 is 11.6 Å². The molecule has 8 nitrogen and oxygen atoms in total. The summed E-state index contributed by atoms with van der Waals surface area (Å²) >= 11 is 6.01. The minimum atomic E-state index is -3.38. The molecule has 0 radical (unpaired) electrons. The fraction of sp³-hybridized carbons (Fsp3) is 0.391. The molecule has 0 amide bonds. The molecule has 3 aromatic rings. The summed E-state index contributed by atoms with van der Waals surface area (Å²) in [5.41, 5.74) is 1.76. The molecule has 1 aliphatic rings. The lowest BCUT2D eigenvalue weighted by Crippen LogP contribution is -2.39. The van der Waals surface area contributed by atoms with Crippen molar-refractivity contribution in [1.82, 2.24) is 19.0 Å². The molecule has 0 saturated heterocycles. The molecule has 10 heteroatoms. The maximum atomic E-state index is 11.9. The molecule has 0 unspecified atom stereocenters. The molecule has 33 heavy (non-hydrogen) atoms. The van der Waals surface area contributed by atoms with Crippen LogP contribution in [0.1, 0.15) is 25.7 Å². The second-order valence-corrected chi connectivity index (χ2v) is 10.9. The first-order valence-electron chi connectivity index (χ1n) is 11.0. The Kier molecular flexibility index (Phi) is 7.33. The molecule has 2 aromatic carbocycles. The van der Waals surface area contributed by atoms with E-state index in [1.165, 1.54) is 18.4 Å². The third-order valence-corrected chi connectivity index (χ3v) is 7.67. The van der Waals surface area contributed by atoms with Crippen molar-refractivity contribution >= 4 is 50.2 Å². The minimum Gasteiger partial charge on any atom is -0.351 e. The maximum absolute atomic E-state index is 11.9. The Morgan fingerprint density at radius 3 is 2.39 bits per heavy atom. The lowest BCUT2D eigenvalue weighted by molar-refractivity contribution is 0.334. The molecule has 0 bridgehead atoms. The van der Waals surface area contributed by atoms with Crippen molar-refractivity contribution < 1.29 is 8.42 Å². The van der Waals surface area contributed by atoms with Gasteiger partial charge in [0.2, 0.25) is 5.95 Å². The average molecular weight is 489 g/mol. The monoisotopic (exact) mass is 488 g/mol. The third-order valence-electron chi connectivity index (χ3n) is 5.93. The maximum Gasteiger partial charge on any atom is 0.278 e. The van der Waals surface area contributed by atoms with E-state index in [9.17, 15) is 8.42 Å². The van der Waals surface area contributed by atoms with Gasteiger partial charge in [-0.1, -0.05) is 23.7 Å². The fourth-order valence-electron chi connectivity index (χ4n) is 3.95. The van der Waals surface area contributed by atoms with Gasteiger partial charge in [-0.3, -0.25) is 0 Å². The fourth-order valence-corrected chi connectivity index (χ4v) is 4.78. The summed E-state index contributed by atoms with van der Waals surface area (Å²) in [7, 11) is -0.319. The summed E-state index contributed by atoms with van der Waals surface area (Å²) in [5.74, 6) is 1.65. The van der Waals surface area contributed by atoms with Crippen molar-refractivity contribution in [3.05, 3.63) is 53.6 Å². The van der Waals surface area contributed by atoms with Crippen molar-refractivity contribution in [2.24, 2.45) is 5.92 Å². The zero-order valence-corrected chi connectivity index (χ0v) is 20.3. The third kappa shape index (κ3) is 6.11. The highest BCUT2D eigenvalue weighted by Gasteiger charge is 2.24. The molecule has 1 saturated carbocycles. The zero-order chi connectivity index (χ0) is 23.4. The number of anilines is 3. The lowest BCUT2D eigenvalue weighted by Gasteiger charge is -2.29. The van der Waals surface area contributed by atoms with E-state index in [1.54, 1.807) is 0 Å². The number of fused-ring (bicyclic) bond motifs is 1. The molecule has 3 N–H and O–H groups in total. The Labute approximate surface area is 199 Å². The van der Waals surface area contributed by atoms with Crippen LogP contribution in [0.3, 0.4) is 0 Å². The van der Waals surface area contributed by atoms with Crippen LogP contribution in [-0.2, 0) is 10.2 Å². The van der Waals surface area contributed by atoms with E-state index in [1.807, 2.05) is 48.5 Å². The standard InChI is InChI=1S/C23H29ClN6O2S/c1-30(2)33(31,32)25-15-16-7-11-19(12-8-16)27-23-28-21-6-4-3-5-20(21)22(29-23)26-18-13-9-17(24)10-14-18/h3-6,9-10,13-14,16,19,25H,7-8,11-12,15H2,1-2H3,(H2,26,27,28,29)/t16-,19-. The number of para-hydroxylation sites is 1. The largest absolute Gasteiger partial charge is 0.351 e. The zero-order valence-electron chi connectivity index (χ0n) is 18.8. The van der Waals surface area contributed by atoms with Gasteiger partial charge in [0.15, 0.2) is 0 Å². The number of hydrogen-bond donors (Lipinski definition) is 3. The molecule has 1 heterocycles. The second-order valence-electron chi connectivity index (χ2n) is 8.54. The summed E-state index contributed by atoms with van der Waals surface area (Å²) in [6, 6.07) is 15.7. The van der Waals surface area contributed by atoms with Crippen LogP contribution in [0.4, 0.5) is 17.5 Å². The SMILES string of the molecule is CN(C)S(=O)(=O)NC[C@H]1CC[C@H](Nc2nc(Nc3ccc(Cl)cc3)c3ccccc3n2)CC1. The van der Waals surface area contributed by atoms with Gasteiger partial charge in [-0.05, 0) is 68.0 Å². The van der Waals surface area contributed by atoms with Gasteiger partial charge in [0.1, 0.15) is 5.82 Å². The molecule has 1 aliphatic carbocycles. The van der Waals surface area contributed by atoms with E-state index in [-0.39, 0.29) is 6.04 Å². The van der Waals surface area contributed by atoms with Gasteiger partial charge in [0.25, 0.3) is 10.2 Å². The van der Waals surface area contributed by atoms with Crippen molar-refractivity contribution in [1.29, 1.82) is 0 Å². The highest BCUT2D eigenvalue weighted by atomic mass is 35.5. The Bertz CT molecular complexity index is 1200. The molecule has 0 atom stereocenters. The Morgan fingerprint density at radius 2 is 1.70 bits per heavy atom. The summed E-state index contributed by atoms with van der Waals surface area (Å²) in [4.78, 5) is 9.47. The molecular weight excluding hydrogens is 460 g/mol. The first-order chi connectivity index (χ1) is 15.8. The molecular formula is C23H29ClN6O2S. The summed E-state index contributed by atoms with van der Waals surface area (Å²) in [6.45, 7) is 0.467. The Balaban J connectivity index is 1.42. The van der Waals surface area contributed by atoms with Crippen LogP contribution in [-0.4, -0.2) is 49.4 Å². The van der Waals surface area contributed by atoms with Gasteiger partial charge in [-0.25, -0.2) is 9.71 Å². The Hall–Kier alpha value is -2.46. The highest BCUT2D eigenvalue weighted by Crippen LogP contribution is 2.29. The Morgan fingerprint density at radius 1 is 1.00 bits per heavy atom. The van der Waals surface area contributed by atoms with Gasteiger partial charge in [-0.2, -0.15) is 17.7 Å². The minimum absolute atomic E-state index is 0.247. The van der Waals surface area contributed by atoms with Gasteiger partial charge >= 0.3 is 0 Å². The quantitative estimate of drug-likeness (QED) is 0.435. The van der Waals surface area contributed by atoms with Crippen molar-refractivity contribution in [2.45, 2.75) is 31.7 Å². The molecule has 0 aliphatic heterocycles. The number of hydrogen-bond acceptors (Lipinski definition) is 6. The number of rotatable bonds is 8. The van der Waals surface area contributed by atoms with Crippen LogP contribution < -0.4 is 15.4 Å². The van der Waals surface area contributed by atoms with Gasteiger partial charge in [0.05, 0.1) is 5.52 Å². The van der Waals surface area contributed by atoms with E-state index in [0.29, 0.717) is 23.4 Å². The average Bonchev–Trinajstić information content (AvgIpc) is 2.80. The number of aromatic nitrogens is 2. The lowest BCUT2D eigenvalue weighted by atomic mass is 9.86. The molecule has 1 aromatic heterocycles. The van der Waals surface area contributed by atoms with E-state index < -0.39 is 10.2 Å². The number of halogens is 1. The normalized spacial score (nSPS) is 19.0. The van der Waals surface area contributed by atoms with Crippen LogP contribution in [0.15, 0.2) is 48.5 Å². The summed E-state index contributed by atoms with van der Waals surface area (Å²) in [5, 5.41) is 8.49. The number of nitrogens with one attached hydrogen (secondary N) is 3. The second kappa shape index (κ2) is 10.2. The van der Waals surface area contributed by atoms with Crippen molar-refractivity contribution in [2.75, 3.05) is 31.3 Å². The smallest absolute Gasteiger partial charge is 0.278 e. The topological polar surface area (TPSA) is 99.3 Å². The van der Waals surface area contributed by atoms with E-state index in [4.69, 9.17) is 21.6 Å². The molecule has 0 spiro atoms. The van der Waals surface area contributed by atoms with Crippen molar-refractivity contribution in [3.63, 3.8) is 0 Å². The first kappa shape index (κ1) is 23.7.